The van der Waals surface area contributed by atoms with Gasteiger partial charge in [-0.05, 0) is 42.8 Å². The summed E-state index contributed by atoms with van der Waals surface area (Å²) in [6.45, 7) is 5.51. The second kappa shape index (κ2) is 12.7. The number of para-hydroxylation sites is 1. The predicted molar refractivity (Wildman–Crippen MR) is 155 cm³/mol. The van der Waals surface area contributed by atoms with Crippen LogP contribution in [0.1, 0.15) is 22.8 Å². The molecule has 2 aliphatic heterocycles. The van der Waals surface area contributed by atoms with Crippen molar-refractivity contribution in [2.24, 2.45) is 0 Å². The molecule has 0 radical (unpaired) electrons. The van der Waals surface area contributed by atoms with Gasteiger partial charge in [0.05, 0.1) is 29.4 Å². The van der Waals surface area contributed by atoms with Gasteiger partial charge in [0.25, 0.3) is 5.91 Å². The van der Waals surface area contributed by atoms with Crippen LogP contribution in [0.3, 0.4) is 0 Å². The highest BCUT2D eigenvalue weighted by molar-refractivity contribution is 6.34. The highest BCUT2D eigenvalue weighted by Gasteiger charge is 2.32. The van der Waals surface area contributed by atoms with Gasteiger partial charge in [-0.15, -0.1) is 0 Å². The lowest BCUT2D eigenvalue weighted by atomic mass is 10.1. The van der Waals surface area contributed by atoms with Crippen molar-refractivity contribution < 1.29 is 19.5 Å². The molecular formula is C29H34ClN7O4. The van der Waals surface area contributed by atoms with E-state index in [1.54, 1.807) is 56.0 Å². The number of aliphatic hydroxyl groups excluding tert-OH is 1. The van der Waals surface area contributed by atoms with E-state index in [1.165, 1.54) is 0 Å². The van der Waals surface area contributed by atoms with Gasteiger partial charge in [0, 0.05) is 69.9 Å². The van der Waals surface area contributed by atoms with Crippen molar-refractivity contribution in [2.45, 2.75) is 19.5 Å². The molecule has 12 heteroatoms. The van der Waals surface area contributed by atoms with Gasteiger partial charge in [-0.2, -0.15) is 5.10 Å². The van der Waals surface area contributed by atoms with Gasteiger partial charge in [0.1, 0.15) is 0 Å². The number of halogens is 1. The van der Waals surface area contributed by atoms with Gasteiger partial charge in [0.2, 0.25) is 5.91 Å². The topological polar surface area (TPSA) is 114 Å². The normalized spacial score (nSPS) is 17.6. The number of aliphatic hydroxyl groups is 1. The molecule has 0 aliphatic carbocycles. The number of piperazine rings is 1. The Morgan fingerprint density at radius 3 is 2.56 bits per heavy atom. The van der Waals surface area contributed by atoms with Crippen LogP contribution in [0.4, 0.5) is 10.5 Å². The second-order valence-electron chi connectivity index (χ2n) is 10.2. The van der Waals surface area contributed by atoms with E-state index >= 15 is 0 Å². The Balaban J connectivity index is 1.28. The maximum atomic E-state index is 13.8. The molecule has 11 nitrogen and oxygen atoms in total. The minimum Gasteiger partial charge on any atom is -0.395 e. The average Bonchev–Trinajstić information content (AvgIpc) is 3.48. The first-order valence-electron chi connectivity index (χ1n) is 13.7. The zero-order chi connectivity index (χ0) is 28.9. The van der Waals surface area contributed by atoms with E-state index < -0.39 is 0 Å². The fraction of sp³-hybridized carbons (Fsp3) is 0.379. The van der Waals surface area contributed by atoms with Crippen LogP contribution in [0.15, 0.2) is 60.9 Å². The number of carbonyl (C=O) groups excluding carboxylic acids is 3. The van der Waals surface area contributed by atoms with E-state index in [1.807, 2.05) is 31.2 Å². The first kappa shape index (κ1) is 28.6. The highest BCUT2D eigenvalue weighted by Crippen LogP contribution is 2.30. The highest BCUT2D eigenvalue weighted by atomic mass is 35.5. The monoisotopic (exact) mass is 579 g/mol. The summed E-state index contributed by atoms with van der Waals surface area (Å²) in [4.78, 5) is 47.1. The number of nitrogens with zero attached hydrogens (tertiary/aromatic N) is 6. The Kier molecular flexibility index (Phi) is 8.87. The van der Waals surface area contributed by atoms with Crippen molar-refractivity contribution in [3.63, 3.8) is 0 Å². The lowest BCUT2D eigenvalue weighted by molar-refractivity contribution is -0.131. The number of hydrogen-bond donors (Lipinski definition) is 2. The third-order valence-electron chi connectivity index (χ3n) is 7.59. The molecule has 0 spiro atoms. The van der Waals surface area contributed by atoms with Crippen LogP contribution in [-0.2, 0) is 11.3 Å². The molecule has 216 valence electrons. The summed E-state index contributed by atoms with van der Waals surface area (Å²) in [6, 6.07) is 13.8. The number of rotatable bonds is 6. The van der Waals surface area contributed by atoms with Crippen molar-refractivity contribution in [1.29, 1.82) is 0 Å². The molecule has 0 bridgehead atoms. The number of fused-ring (bicyclic) bond motifs is 1. The van der Waals surface area contributed by atoms with Crippen molar-refractivity contribution in [2.75, 3.05) is 57.3 Å². The lowest BCUT2D eigenvalue weighted by Gasteiger charge is -2.34. The first-order valence-corrected chi connectivity index (χ1v) is 14.1. The van der Waals surface area contributed by atoms with Crippen LogP contribution in [0.2, 0.25) is 5.02 Å². The summed E-state index contributed by atoms with van der Waals surface area (Å²) in [7, 11) is 0. The van der Waals surface area contributed by atoms with Crippen molar-refractivity contribution >= 4 is 35.1 Å². The van der Waals surface area contributed by atoms with Crippen LogP contribution in [-0.4, -0.2) is 106 Å². The number of benzene rings is 2. The van der Waals surface area contributed by atoms with Crippen LogP contribution < -0.4 is 10.2 Å². The molecule has 2 N–H and O–H groups in total. The minimum absolute atomic E-state index is 0.0928. The van der Waals surface area contributed by atoms with Crippen LogP contribution in [0, 0.1) is 0 Å². The van der Waals surface area contributed by atoms with Crippen molar-refractivity contribution in [1.82, 2.24) is 29.8 Å². The smallest absolute Gasteiger partial charge is 0.318 e. The zero-order valence-electron chi connectivity index (χ0n) is 22.9. The van der Waals surface area contributed by atoms with Crippen molar-refractivity contribution in [3.8, 4) is 5.69 Å². The third-order valence-corrected chi connectivity index (χ3v) is 7.90. The SMILES string of the molecule is C[C@@H]1CN(C(=O)c2ccc(-n3cccn3)cc2Cl)c2ccccc2CN1C(=O)NCC(=O)N1CCN(CCO)CC1. The van der Waals surface area contributed by atoms with Gasteiger partial charge < -0.3 is 25.1 Å². The average molecular weight is 580 g/mol. The van der Waals surface area contributed by atoms with E-state index in [0.29, 0.717) is 49.0 Å². The quantitative estimate of drug-likeness (QED) is 0.463. The molecule has 2 aromatic carbocycles. The number of amides is 4. The molecule has 4 amide bonds. The van der Waals surface area contributed by atoms with Gasteiger partial charge >= 0.3 is 6.03 Å². The number of β-amino-alcohol motifs (C(OH)–C–C–N with tert-alkyl or cyclic N) is 1. The second-order valence-corrected chi connectivity index (χ2v) is 10.6. The van der Waals surface area contributed by atoms with E-state index in [4.69, 9.17) is 16.7 Å². The standard InChI is InChI=1S/C29H34ClN7O4/c1-21-19-36(28(40)24-8-7-23(17-25(24)30)37-10-4-9-32-37)26-6-3-2-5-22(26)20-35(21)29(41)31-18-27(39)34-13-11-33(12-14-34)15-16-38/h2-10,17,21,38H,11-16,18-20H2,1H3,(H,31,41)/t21-/m1/s1. The zero-order valence-corrected chi connectivity index (χ0v) is 23.7. The minimum atomic E-state index is -0.365. The fourth-order valence-corrected chi connectivity index (χ4v) is 5.54. The Labute approximate surface area is 243 Å². The molecule has 1 aromatic heterocycles. The van der Waals surface area contributed by atoms with Gasteiger partial charge in [-0.25, -0.2) is 9.48 Å². The fourth-order valence-electron chi connectivity index (χ4n) is 5.29. The summed E-state index contributed by atoms with van der Waals surface area (Å²) < 4.78 is 1.67. The van der Waals surface area contributed by atoms with E-state index in [9.17, 15) is 14.4 Å². The van der Waals surface area contributed by atoms with E-state index in [-0.39, 0.29) is 50.1 Å². The van der Waals surface area contributed by atoms with Gasteiger partial charge in [0.15, 0.2) is 0 Å². The number of aromatic nitrogens is 2. The molecule has 3 heterocycles. The molecular weight excluding hydrogens is 546 g/mol. The van der Waals surface area contributed by atoms with Crippen LogP contribution in [0.5, 0.6) is 0 Å². The Bertz CT molecular complexity index is 1390. The van der Waals surface area contributed by atoms with Crippen LogP contribution in [0.25, 0.3) is 5.69 Å². The predicted octanol–water partition coefficient (Wildman–Crippen LogP) is 2.22. The van der Waals surface area contributed by atoms with Gasteiger partial charge in [-0.3, -0.25) is 14.5 Å². The number of hydrogen-bond acceptors (Lipinski definition) is 6. The summed E-state index contributed by atoms with van der Waals surface area (Å²) in [5, 5.41) is 16.4. The van der Waals surface area contributed by atoms with E-state index in [2.05, 4.69) is 15.3 Å². The number of nitrogens with one attached hydrogen (secondary N) is 1. The molecule has 0 saturated carbocycles. The molecule has 0 unspecified atom stereocenters. The molecule has 1 atom stereocenters. The van der Waals surface area contributed by atoms with E-state index in [0.717, 1.165) is 11.3 Å². The number of anilines is 1. The molecule has 41 heavy (non-hydrogen) atoms. The largest absolute Gasteiger partial charge is 0.395 e. The molecule has 3 aromatic rings. The Morgan fingerprint density at radius 1 is 1.07 bits per heavy atom. The number of carbonyl (C=O) groups is 3. The Hall–Kier alpha value is -3.93. The molecule has 5 rings (SSSR count). The van der Waals surface area contributed by atoms with Crippen LogP contribution >= 0.6 is 11.6 Å². The summed E-state index contributed by atoms with van der Waals surface area (Å²) in [5.41, 5.74) is 2.62. The first-order chi connectivity index (χ1) is 19.9. The summed E-state index contributed by atoms with van der Waals surface area (Å²) in [6.07, 6.45) is 3.47. The molecule has 1 fully saturated rings. The molecule has 1 saturated heterocycles. The van der Waals surface area contributed by atoms with Crippen molar-refractivity contribution in [3.05, 3.63) is 77.1 Å². The number of urea groups is 1. The third kappa shape index (κ3) is 6.37. The molecule has 2 aliphatic rings. The summed E-state index contributed by atoms with van der Waals surface area (Å²) >= 11 is 6.59. The lowest BCUT2D eigenvalue weighted by Crippen LogP contribution is -2.53. The Morgan fingerprint density at radius 2 is 1.85 bits per heavy atom. The van der Waals surface area contributed by atoms with Gasteiger partial charge in [-0.1, -0.05) is 29.8 Å². The maximum Gasteiger partial charge on any atom is 0.318 e. The summed E-state index contributed by atoms with van der Waals surface area (Å²) in [5.74, 6) is -0.408. The maximum absolute atomic E-state index is 13.8.